The number of carbonyl (C=O) groups excluding carboxylic acids is 2. The Labute approximate surface area is 146 Å². The molecule has 1 unspecified atom stereocenters. The van der Waals surface area contributed by atoms with Crippen molar-refractivity contribution in [2.75, 3.05) is 5.75 Å². The zero-order valence-corrected chi connectivity index (χ0v) is 15.1. The van der Waals surface area contributed by atoms with E-state index in [4.69, 9.17) is 11.6 Å². The Hall–Kier alpha value is -1.20. The van der Waals surface area contributed by atoms with Gasteiger partial charge in [0.2, 0.25) is 11.8 Å². The molecule has 1 atom stereocenters. The summed E-state index contributed by atoms with van der Waals surface area (Å²) in [5.74, 6) is 0.189. The zero-order chi connectivity index (χ0) is 16.8. The first-order valence-corrected chi connectivity index (χ1v) is 9.28. The summed E-state index contributed by atoms with van der Waals surface area (Å²) in [6.07, 6.45) is 4.37. The molecular formula is C17H23ClN2O2S. The van der Waals surface area contributed by atoms with Gasteiger partial charge in [-0.05, 0) is 37.5 Å². The van der Waals surface area contributed by atoms with Crippen LogP contribution in [0.2, 0.25) is 5.02 Å². The Bertz CT molecular complexity index is 574. The van der Waals surface area contributed by atoms with Gasteiger partial charge in [-0.15, -0.1) is 11.8 Å². The van der Waals surface area contributed by atoms with Crippen molar-refractivity contribution in [1.29, 1.82) is 0 Å². The minimum absolute atomic E-state index is 0.0993. The third-order valence-electron chi connectivity index (χ3n) is 3.96. The van der Waals surface area contributed by atoms with Crippen LogP contribution in [0.1, 0.15) is 38.2 Å². The third-order valence-corrected chi connectivity index (χ3v) is 5.45. The van der Waals surface area contributed by atoms with Crippen molar-refractivity contribution in [3.8, 4) is 0 Å². The van der Waals surface area contributed by atoms with Crippen LogP contribution in [-0.4, -0.2) is 29.7 Å². The number of rotatable bonds is 6. The van der Waals surface area contributed by atoms with Gasteiger partial charge < -0.3 is 10.6 Å². The second kappa shape index (κ2) is 8.60. The van der Waals surface area contributed by atoms with Crippen LogP contribution in [0.15, 0.2) is 23.1 Å². The molecule has 0 saturated heterocycles. The lowest BCUT2D eigenvalue weighted by molar-refractivity contribution is -0.127. The molecule has 2 amide bonds. The minimum atomic E-state index is -0.529. The van der Waals surface area contributed by atoms with Crippen LogP contribution >= 0.6 is 23.4 Å². The fraction of sp³-hybridized carbons (Fsp3) is 0.529. The van der Waals surface area contributed by atoms with Crippen molar-refractivity contribution < 1.29 is 9.59 Å². The van der Waals surface area contributed by atoms with Crippen LogP contribution in [-0.2, 0) is 9.59 Å². The Kier molecular flexibility index (Phi) is 6.78. The summed E-state index contributed by atoms with van der Waals surface area (Å²) in [4.78, 5) is 24.8. The number of hydrogen-bond acceptors (Lipinski definition) is 3. The van der Waals surface area contributed by atoms with Crippen molar-refractivity contribution >= 4 is 35.2 Å². The lowest BCUT2D eigenvalue weighted by atomic mass is 10.2. The van der Waals surface area contributed by atoms with E-state index in [1.165, 1.54) is 18.7 Å². The summed E-state index contributed by atoms with van der Waals surface area (Å²) in [7, 11) is 0. The van der Waals surface area contributed by atoms with Gasteiger partial charge in [0.05, 0.1) is 0 Å². The number of aryl methyl sites for hydroxylation is 1. The van der Waals surface area contributed by atoms with Crippen LogP contribution in [0, 0.1) is 6.92 Å². The minimum Gasteiger partial charge on any atom is -0.352 e. The van der Waals surface area contributed by atoms with Crippen LogP contribution in [0.5, 0.6) is 0 Å². The van der Waals surface area contributed by atoms with Crippen LogP contribution in [0.4, 0.5) is 0 Å². The zero-order valence-electron chi connectivity index (χ0n) is 13.5. The Morgan fingerprint density at radius 3 is 2.65 bits per heavy atom. The first kappa shape index (κ1) is 18.1. The molecular weight excluding hydrogens is 332 g/mol. The first-order chi connectivity index (χ1) is 11.0. The van der Waals surface area contributed by atoms with Gasteiger partial charge in [0, 0.05) is 28.6 Å². The van der Waals surface area contributed by atoms with Crippen molar-refractivity contribution in [1.82, 2.24) is 10.6 Å². The van der Waals surface area contributed by atoms with Crippen molar-refractivity contribution in [2.24, 2.45) is 0 Å². The predicted molar refractivity (Wildman–Crippen MR) is 94.9 cm³/mol. The number of amides is 2. The fourth-order valence-corrected chi connectivity index (χ4v) is 3.85. The molecule has 0 bridgehead atoms. The van der Waals surface area contributed by atoms with E-state index in [1.54, 1.807) is 0 Å². The molecule has 23 heavy (non-hydrogen) atoms. The summed E-state index contributed by atoms with van der Waals surface area (Å²) in [6, 6.07) is 5.54. The standard InChI is InChI=1S/C17H23ClN2O2S/c1-11-7-8-14(9-15(11)18)23-10-16(19-12(2)21)17(22)20-13-5-3-4-6-13/h7-9,13,16H,3-6,10H2,1-2H3,(H,19,21)(H,20,22). The number of halogens is 1. The van der Waals surface area contributed by atoms with E-state index in [0.29, 0.717) is 10.8 Å². The summed E-state index contributed by atoms with van der Waals surface area (Å²) >= 11 is 7.65. The van der Waals surface area contributed by atoms with Gasteiger partial charge in [0.15, 0.2) is 0 Å². The molecule has 0 aromatic heterocycles. The maximum atomic E-state index is 12.4. The number of carbonyl (C=O) groups is 2. The van der Waals surface area contributed by atoms with Gasteiger partial charge in [0.1, 0.15) is 6.04 Å². The number of benzene rings is 1. The molecule has 1 aliphatic rings. The van der Waals surface area contributed by atoms with Crippen LogP contribution < -0.4 is 10.6 Å². The van der Waals surface area contributed by atoms with Gasteiger partial charge in [-0.25, -0.2) is 0 Å². The fourth-order valence-electron chi connectivity index (χ4n) is 2.64. The summed E-state index contributed by atoms with van der Waals surface area (Å²) in [6.45, 7) is 3.38. The van der Waals surface area contributed by atoms with E-state index in [1.807, 2.05) is 25.1 Å². The molecule has 2 N–H and O–H groups in total. The molecule has 0 spiro atoms. The molecule has 1 aliphatic carbocycles. The molecule has 1 saturated carbocycles. The second-order valence-electron chi connectivity index (χ2n) is 5.97. The predicted octanol–water partition coefficient (Wildman–Crippen LogP) is 3.30. The smallest absolute Gasteiger partial charge is 0.243 e. The van der Waals surface area contributed by atoms with E-state index < -0.39 is 6.04 Å². The van der Waals surface area contributed by atoms with E-state index in [9.17, 15) is 9.59 Å². The van der Waals surface area contributed by atoms with E-state index >= 15 is 0 Å². The third kappa shape index (κ3) is 5.74. The Morgan fingerprint density at radius 1 is 1.35 bits per heavy atom. The largest absolute Gasteiger partial charge is 0.352 e. The average Bonchev–Trinajstić information content (AvgIpc) is 2.99. The molecule has 0 radical (unpaired) electrons. The molecule has 4 nitrogen and oxygen atoms in total. The highest BCUT2D eigenvalue weighted by atomic mass is 35.5. The highest BCUT2D eigenvalue weighted by molar-refractivity contribution is 7.99. The molecule has 6 heteroatoms. The summed E-state index contributed by atoms with van der Waals surface area (Å²) in [5.41, 5.74) is 1.02. The molecule has 1 aromatic rings. The van der Waals surface area contributed by atoms with E-state index in [-0.39, 0.29) is 17.9 Å². The van der Waals surface area contributed by atoms with Gasteiger partial charge >= 0.3 is 0 Å². The number of thioether (sulfide) groups is 1. The van der Waals surface area contributed by atoms with Gasteiger partial charge in [0.25, 0.3) is 0 Å². The van der Waals surface area contributed by atoms with Gasteiger partial charge in [-0.3, -0.25) is 9.59 Å². The van der Waals surface area contributed by atoms with Crippen LogP contribution in [0.3, 0.4) is 0 Å². The molecule has 1 aromatic carbocycles. The molecule has 0 aliphatic heterocycles. The quantitative estimate of drug-likeness (QED) is 0.770. The normalized spacial score (nSPS) is 16.1. The average molecular weight is 355 g/mol. The maximum absolute atomic E-state index is 12.4. The Balaban J connectivity index is 1.95. The van der Waals surface area contributed by atoms with E-state index in [0.717, 1.165) is 36.1 Å². The van der Waals surface area contributed by atoms with Crippen molar-refractivity contribution in [3.05, 3.63) is 28.8 Å². The summed E-state index contributed by atoms with van der Waals surface area (Å²) in [5, 5.41) is 6.50. The van der Waals surface area contributed by atoms with Crippen LogP contribution in [0.25, 0.3) is 0 Å². The molecule has 126 valence electrons. The SMILES string of the molecule is CC(=O)NC(CSc1ccc(C)c(Cl)c1)C(=O)NC1CCCC1. The Morgan fingerprint density at radius 2 is 2.04 bits per heavy atom. The molecule has 0 heterocycles. The van der Waals surface area contributed by atoms with Crippen molar-refractivity contribution in [3.63, 3.8) is 0 Å². The monoisotopic (exact) mass is 354 g/mol. The first-order valence-electron chi connectivity index (χ1n) is 7.92. The van der Waals surface area contributed by atoms with Gasteiger partial charge in [-0.1, -0.05) is 30.5 Å². The highest BCUT2D eigenvalue weighted by Gasteiger charge is 2.24. The highest BCUT2D eigenvalue weighted by Crippen LogP contribution is 2.25. The summed E-state index contributed by atoms with van der Waals surface area (Å²) < 4.78 is 0. The topological polar surface area (TPSA) is 58.2 Å². The molecule has 2 rings (SSSR count). The number of hydrogen-bond donors (Lipinski definition) is 2. The van der Waals surface area contributed by atoms with E-state index in [2.05, 4.69) is 10.6 Å². The maximum Gasteiger partial charge on any atom is 0.243 e. The lowest BCUT2D eigenvalue weighted by Crippen LogP contribution is -2.50. The van der Waals surface area contributed by atoms with Gasteiger partial charge in [-0.2, -0.15) is 0 Å². The lowest BCUT2D eigenvalue weighted by Gasteiger charge is -2.20. The number of nitrogens with one attached hydrogen (secondary N) is 2. The van der Waals surface area contributed by atoms with Crippen molar-refractivity contribution in [2.45, 2.75) is 56.5 Å². The molecule has 1 fully saturated rings. The second-order valence-corrected chi connectivity index (χ2v) is 7.47.